The fourth-order valence-electron chi connectivity index (χ4n) is 13.3. The summed E-state index contributed by atoms with van der Waals surface area (Å²) in [6.07, 6.45) is 48.7. The van der Waals surface area contributed by atoms with Gasteiger partial charge in [-0.25, -0.2) is 0 Å². The van der Waals surface area contributed by atoms with Crippen LogP contribution in [0.3, 0.4) is 0 Å². The molecule has 0 aromatic rings. The van der Waals surface area contributed by atoms with Crippen LogP contribution in [0.4, 0.5) is 0 Å². The summed E-state index contributed by atoms with van der Waals surface area (Å²) in [7, 11) is 0. The van der Waals surface area contributed by atoms with Gasteiger partial charge in [-0.3, -0.25) is 4.79 Å². The molecule has 19 nitrogen and oxygen atoms in total. The van der Waals surface area contributed by atoms with Gasteiger partial charge in [0.2, 0.25) is 5.91 Å². The van der Waals surface area contributed by atoms with Gasteiger partial charge in [0, 0.05) is 6.42 Å². The van der Waals surface area contributed by atoms with Crippen molar-refractivity contribution in [2.45, 2.75) is 407 Å². The number of carbonyl (C=O) groups excluding carboxylic acids is 1. The zero-order chi connectivity index (χ0) is 71.1. The Hall–Kier alpha value is -2.51. The molecule has 0 saturated carbocycles. The van der Waals surface area contributed by atoms with Gasteiger partial charge in [-0.15, -0.1) is 0 Å². The highest BCUT2D eigenvalue weighted by molar-refractivity contribution is 5.76. The molecule has 0 spiro atoms. The standard InChI is InChI=1S/C79H143NO18/c1-3-5-7-9-11-13-15-17-19-21-23-25-26-27-28-29-30-31-32-33-34-35-36-37-39-41-43-45-47-49-51-53-55-57-67(85)80-62(63(84)56-54-52-50-48-46-44-42-40-38-24-22-20-18-16-14-12-10-8-6-4-2)61-93-77-73(91)70(88)75(65(59-82)95-77)98-79-74(92)71(89)76(66(60-83)96-79)97-78-72(90)69(87)68(86)64(58-81)94-78/h5,7,11,13,17,19,23,25,27-28,62-66,68-79,81-84,86-92H,3-4,6,8-10,12,14-16,18,20-22,24,26,29-61H2,1-2H3,(H,80,85)/b7-5-,13-11-,19-17-,25-23-,28-27-. The molecule has 3 aliphatic rings. The topological polar surface area (TPSA) is 307 Å². The van der Waals surface area contributed by atoms with E-state index in [-0.39, 0.29) is 18.9 Å². The highest BCUT2D eigenvalue weighted by Crippen LogP contribution is 2.33. The van der Waals surface area contributed by atoms with Crippen molar-refractivity contribution in [1.82, 2.24) is 5.32 Å². The molecule has 3 aliphatic heterocycles. The number of aliphatic hydroxyl groups is 11. The molecule has 3 heterocycles. The summed E-state index contributed by atoms with van der Waals surface area (Å²) >= 11 is 0. The van der Waals surface area contributed by atoms with Gasteiger partial charge in [0.1, 0.15) is 73.2 Å². The Kier molecular flexibility index (Phi) is 54.8. The van der Waals surface area contributed by atoms with Crippen LogP contribution in [0.5, 0.6) is 0 Å². The van der Waals surface area contributed by atoms with Gasteiger partial charge in [-0.1, -0.05) is 299 Å². The number of allylic oxidation sites excluding steroid dienone is 10. The largest absolute Gasteiger partial charge is 0.394 e. The summed E-state index contributed by atoms with van der Waals surface area (Å²) in [6, 6.07) is -0.889. The lowest BCUT2D eigenvalue weighted by Crippen LogP contribution is -2.66. The third-order valence-electron chi connectivity index (χ3n) is 19.6. The van der Waals surface area contributed by atoms with E-state index in [9.17, 15) is 61.0 Å². The summed E-state index contributed by atoms with van der Waals surface area (Å²) in [4.78, 5) is 13.5. The maximum atomic E-state index is 13.5. The highest BCUT2D eigenvalue weighted by atomic mass is 16.8. The van der Waals surface area contributed by atoms with Crippen molar-refractivity contribution >= 4 is 5.91 Å². The molecule has 19 heteroatoms. The third-order valence-corrected chi connectivity index (χ3v) is 19.6. The van der Waals surface area contributed by atoms with Gasteiger partial charge < -0.3 is 89.9 Å². The van der Waals surface area contributed by atoms with E-state index < -0.39 is 124 Å². The van der Waals surface area contributed by atoms with Gasteiger partial charge in [0.15, 0.2) is 18.9 Å². The van der Waals surface area contributed by atoms with E-state index >= 15 is 0 Å². The minimum atomic E-state index is -1.97. The smallest absolute Gasteiger partial charge is 0.220 e. The van der Waals surface area contributed by atoms with Gasteiger partial charge in [0.05, 0.1) is 38.6 Å². The molecule has 3 fully saturated rings. The molecule has 0 bridgehead atoms. The number of aliphatic hydroxyl groups excluding tert-OH is 11. The van der Waals surface area contributed by atoms with Gasteiger partial charge in [-0.05, 0) is 57.8 Å². The van der Waals surface area contributed by atoms with Crippen LogP contribution in [-0.4, -0.2) is 193 Å². The van der Waals surface area contributed by atoms with Crippen molar-refractivity contribution in [3.8, 4) is 0 Å². The lowest BCUT2D eigenvalue weighted by Gasteiger charge is -2.48. The minimum absolute atomic E-state index is 0.240. The molecule has 572 valence electrons. The Labute approximate surface area is 592 Å². The number of hydrogen-bond acceptors (Lipinski definition) is 18. The lowest BCUT2D eigenvalue weighted by molar-refractivity contribution is -0.379. The van der Waals surface area contributed by atoms with E-state index in [1.54, 1.807) is 0 Å². The Morgan fingerprint density at radius 1 is 0.378 bits per heavy atom. The zero-order valence-corrected chi connectivity index (χ0v) is 61.0. The predicted octanol–water partition coefficient (Wildman–Crippen LogP) is 12.7. The van der Waals surface area contributed by atoms with E-state index in [0.29, 0.717) is 12.8 Å². The molecule has 0 aromatic heterocycles. The van der Waals surface area contributed by atoms with Crippen LogP contribution in [0, 0.1) is 0 Å². The van der Waals surface area contributed by atoms with Crippen LogP contribution < -0.4 is 5.32 Å². The van der Waals surface area contributed by atoms with Crippen molar-refractivity contribution in [3.63, 3.8) is 0 Å². The van der Waals surface area contributed by atoms with E-state index in [4.69, 9.17) is 28.4 Å². The normalized spacial score (nSPS) is 27.1. The molecule has 3 rings (SSSR count). The SMILES string of the molecule is CC/C=C\C/C=C\C/C=C\C/C=C\C/C=C\CCCCCCCCCCCCCCCCCCCC(=O)NC(COC1OC(CO)C(OC2OC(CO)C(OC3OC(CO)C(O)C(O)C3O)C(O)C2O)C(O)C1O)C(O)CCCCCCCCCCCCCCCCCCCCCC. The van der Waals surface area contributed by atoms with E-state index in [2.05, 4.69) is 79.9 Å². The second kappa shape index (κ2) is 59.8. The molecule has 98 heavy (non-hydrogen) atoms. The Bertz CT molecular complexity index is 2010. The fraction of sp³-hybridized carbons (Fsp3) is 0.861. The highest BCUT2D eigenvalue weighted by Gasteiger charge is 2.54. The Morgan fingerprint density at radius 2 is 0.704 bits per heavy atom. The van der Waals surface area contributed by atoms with E-state index in [1.165, 1.54) is 193 Å². The third kappa shape index (κ3) is 39.9. The number of rotatable bonds is 62. The van der Waals surface area contributed by atoms with Crippen LogP contribution >= 0.6 is 0 Å². The average Bonchev–Trinajstić information content (AvgIpc) is 0.782. The van der Waals surface area contributed by atoms with Crippen LogP contribution in [0.15, 0.2) is 60.8 Å². The molecule has 12 N–H and O–H groups in total. The molecule has 0 radical (unpaired) electrons. The molecule has 0 aromatic carbocycles. The second-order valence-electron chi connectivity index (χ2n) is 28.2. The van der Waals surface area contributed by atoms with Gasteiger partial charge >= 0.3 is 0 Å². The summed E-state index contributed by atoms with van der Waals surface area (Å²) < 4.78 is 34.5. The molecular weight excluding hydrogens is 1250 g/mol. The van der Waals surface area contributed by atoms with Gasteiger partial charge in [0.25, 0.3) is 0 Å². The van der Waals surface area contributed by atoms with Crippen molar-refractivity contribution in [2.75, 3.05) is 26.4 Å². The van der Waals surface area contributed by atoms with E-state index in [1.807, 2.05) is 0 Å². The van der Waals surface area contributed by atoms with Crippen LogP contribution in [0.1, 0.15) is 303 Å². The molecule has 1 amide bonds. The minimum Gasteiger partial charge on any atom is -0.394 e. The molecule has 17 atom stereocenters. The number of hydrogen-bond donors (Lipinski definition) is 12. The summed E-state index contributed by atoms with van der Waals surface area (Å²) in [5.41, 5.74) is 0. The predicted molar refractivity (Wildman–Crippen MR) is 388 cm³/mol. The fourth-order valence-corrected chi connectivity index (χ4v) is 13.3. The number of carbonyl (C=O) groups is 1. The molecule has 0 aliphatic carbocycles. The number of ether oxygens (including phenoxy) is 6. The van der Waals surface area contributed by atoms with Crippen molar-refractivity contribution in [2.24, 2.45) is 0 Å². The molecular formula is C79H143NO18. The van der Waals surface area contributed by atoms with E-state index in [0.717, 1.165) is 77.0 Å². The molecule has 3 saturated heterocycles. The number of unbranched alkanes of at least 4 members (excludes halogenated alkanes) is 36. The first-order valence-electron chi connectivity index (χ1n) is 39.5. The summed E-state index contributed by atoms with van der Waals surface area (Å²) in [5.74, 6) is -0.240. The van der Waals surface area contributed by atoms with Crippen molar-refractivity contribution in [3.05, 3.63) is 60.8 Å². The summed E-state index contributed by atoms with van der Waals surface area (Å²) in [5, 5.41) is 121. The zero-order valence-electron chi connectivity index (χ0n) is 61.0. The molecule has 17 unspecified atom stereocenters. The van der Waals surface area contributed by atoms with Crippen LogP contribution in [-0.2, 0) is 33.2 Å². The first-order chi connectivity index (χ1) is 47.8. The first kappa shape index (κ1) is 89.7. The van der Waals surface area contributed by atoms with Crippen LogP contribution in [0.2, 0.25) is 0 Å². The number of amides is 1. The second-order valence-corrected chi connectivity index (χ2v) is 28.2. The summed E-state index contributed by atoms with van der Waals surface area (Å²) in [6.45, 7) is 1.72. The Balaban J connectivity index is 1.35. The maximum absolute atomic E-state index is 13.5. The van der Waals surface area contributed by atoms with Crippen LogP contribution in [0.25, 0.3) is 0 Å². The first-order valence-corrected chi connectivity index (χ1v) is 39.5. The van der Waals surface area contributed by atoms with Crippen molar-refractivity contribution in [1.29, 1.82) is 0 Å². The maximum Gasteiger partial charge on any atom is 0.220 e. The average molecular weight is 1400 g/mol. The van der Waals surface area contributed by atoms with Crippen molar-refractivity contribution < 1.29 is 89.4 Å². The Morgan fingerprint density at radius 3 is 1.10 bits per heavy atom. The number of nitrogens with one attached hydrogen (secondary N) is 1. The lowest BCUT2D eigenvalue weighted by atomic mass is 9.96. The quantitative estimate of drug-likeness (QED) is 0.0199. The monoisotopic (exact) mass is 1390 g/mol. The van der Waals surface area contributed by atoms with Gasteiger partial charge in [-0.2, -0.15) is 0 Å².